The molecule has 0 aliphatic heterocycles. The second-order valence-corrected chi connectivity index (χ2v) is 6.19. The van der Waals surface area contributed by atoms with E-state index in [1.54, 1.807) is 7.11 Å². The van der Waals surface area contributed by atoms with Gasteiger partial charge in [0.2, 0.25) is 11.5 Å². The Balaban J connectivity index is 0.00000320. The summed E-state index contributed by atoms with van der Waals surface area (Å²) in [5.74, 6) is 0.901. The number of nitrogens with zero attached hydrogens (tertiary/aromatic N) is 2. The summed E-state index contributed by atoms with van der Waals surface area (Å²) in [6, 6.07) is 15.7. The average molecular weight is 434 g/mol. The van der Waals surface area contributed by atoms with Crippen LogP contribution < -0.4 is 25.8 Å². The lowest BCUT2D eigenvalue weighted by Gasteiger charge is -2.13. The normalized spacial score (nSPS) is 10.2. The van der Waals surface area contributed by atoms with Crippen LogP contribution in [0.1, 0.15) is 21.6 Å². The standard InChI is InChI=1S/C20H23N5O4.ClH/c1-27-17-11-15(7-8-16(17)28-13-14-5-3-2-4-6-14)12-22-9-10-23-20(26)18-19(21)25-29-24-18;/h2-8,11,22H,9-10,12-13H2,1H3,(H2,21,25)(H,23,26);1H. The third-order valence-corrected chi connectivity index (χ3v) is 4.11. The Hall–Kier alpha value is -3.30. The number of carbonyl (C=O) groups is 1. The van der Waals surface area contributed by atoms with Crippen molar-refractivity contribution in [3.05, 3.63) is 65.4 Å². The molecule has 0 unspecified atom stereocenters. The molecule has 0 saturated heterocycles. The molecule has 3 aromatic rings. The number of hydrogen-bond acceptors (Lipinski definition) is 8. The molecule has 4 N–H and O–H groups in total. The summed E-state index contributed by atoms with van der Waals surface area (Å²) >= 11 is 0. The number of rotatable bonds is 10. The molecule has 0 spiro atoms. The van der Waals surface area contributed by atoms with Crippen molar-refractivity contribution in [2.75, 3.05) is 25.9 Å². The number of benzene rings is 2. The van der Waals surface area contributed by atoms with E-state index in [2.05, 4.69) is 25.6 Å². The predicted octanol–water partition coefficient (Wildman–Crippen LogP) is 2.18. The second-order valence-electron chi connectivity index (χ2n) is 6.19. The van der Waals surface area contributed by atoms with E-state index < -0.39 is 5.91 Å². The van der Waals surface area contributed by atoms with Crippen LogP contribution in [0.15, 0.2) is 53.2 Å². The molecule has 0 saturated carbocycles. The molecule has 1 amide bonds. The molecule has 0 aliphatic carbocycles. The van der Waals surface area contributed by atoms with E-state index in [1.807, 2.05) is 48.5 Å². The number of methoxy groups -OCH3 is 1. The first-order valence-corrected chi connectivity index (χ1v) is 9.08. The van der Waals surface area contributed by atoms with E-state index in [0.29, 0.717) is 37.7 Å². The van der Waals surface area contributed by atoms with Crippen molar-refractivity contribution in [1.82, 2.24) is 20.9 Å². The van der Waals surface area contributed by atoms with Gasteiger partial charge in [-0.1, -0.05) is 36.4 Å². The smallest absolute Gasteiger partial charge is 0.277 e. The zero-order valence-corrected chi connectivity index (χ0v) is 17.3. The summed E-state index contributed by atoms with van der Waals surface area (Å²) in [5.41, 5.74) is 7.58. The number of aromatic nitrogens is 2. The molecule has 3 rings (SSSR count). The van der Waals surface area contributed by atoms with Crippen molar-refractivity contribution >= 4 is 24.1 Å². The minimum absolute atomic E-state index is 0. The van der Waals surface area contributed by atoms with E-state index in [1.165, 1.54) is 0 Å². The van der Waals surface area contributed by atoms with Gasteiger partial charge in [-0.15, -0.1) is 12.4 Å². The number of hydrogen-bond donors (Lipinski definition) is 3. The first kappa shape index (κ1) is 23.0. The van der Waals surface area contributed by atoms with Crippen LogP contribution in [0.5, 0.6) is 11.5 Å². The fraction of sp³-hybridized carbons (Fsp3) is 0.250. The monoisotopic (exact) mass is 433 g/mol. The SMILES string of the molecule is COc1cc(CNCCNC(=O)c2nonc2N)ccc1OCc1ccccc1.Cl. The highest BCUT2D eigenvalue weighted by atomic mass is 35.5. The Bertz CT molecular complexity index is 936. The Morgan fingerprint density at radius 1 is 1.07 bits per heavy atom. The number of halogens is 1. The van der Waals surface area contributed by atoms with Crippen LogP contribution >= 0.6 is 12.4 Å². The molecule has 2 aromatic carbocycles. The predicted molar refractivity (Wildman–Crippen MR) is 114 cm³/mol. The number of anilines is 1. The summed E-state index contributed by atoms with van der Waals surface area (Å²) in [7, 11) is 1.61. The maximum absolute atomic E-state index is 11.8. The van der Waals surface area contributed by atoms with E-state index >= 15 is 0 Å². The highest BCUT2D eigenvalue weighted by Gasteiger charge is 2.14. The van der Waals surface area contributed by atoms with Gasteiger partial charge in [-0.05, 0) is 33.6 Å². The first-order valence-electron chi connectivity index (χ1n) is 9.08. The van der Waals surface area contributed by atoms with Crippen LogP contribution in [-0.2, 0) is 13.2 Å². The molecule has 9 nitrogen and oxygen atoms in total. The lowest BCUT2D eigenvalue weighted by Crippen LogP contribution is -2.32. The zero-order valence-electron chi connectivity index (χ0n) is 16.5. The van der Waals surface area contributed by atoms with Crippen molar-refractivity contribution in [1.29, 1.82) is 0 Å². The molecule has 0 radical (unpaired) electrons. The van der Waals surface area contributed by atoms with Crippen LogP contribution in [0.4, 0.5) is 5.82 Å². The number of ether oxygens (including phenoxy) is 2. The molecular formula is C20H24ClN5O4. The van der Waals surface area contributed by atoms with Crippen LogP contribution in [0.2, 0.25) is 0 Å². The van der Waals surface area contributed by atoms with Gasteiger partial charge < -0.3 is 25.8 Å². The number of nitrogens with two attached hydrogens (primary N) is 1. The fourth-order valence-electron chi connectivity index (χ4n) is 2.61. The number of carbonyl (C=O) groups excluding carboxylic acids is 1. The number of amides is 1. The first-order chi connectivity index (χ1) is 14.2. The maximum atomic E-state index is 11.8. The molecule has 0 aliphatic rings. The summed E-state index contributed by atoms with van der Waals surface area (Å²) in [6.45, 7) is 2.05. The van der Waals surface area contributed by atoms with Gasteiger partial charge in [0.25, 0.3) is 5.91 Å². The molecule has 0 fully saturated rings. The van der Waals surface area contributed by atoms with Gasteiger partial charge in [-0.2, -0.15) is 0 Å². The highest BCUT2D eigenvalue weighted by Crippen LogP contribution is 2.28. The molecule has 10 heteroatoms. The Morgan fingerprint density at radius 3 is 2.57 bits per heavy atom. The van der Waals surface area contributed by atoms with E-state index in [4.69, 9.17) is 15.2 Å². The van der Waals surface area contributed by atoms with Gasteiger partial charge >= 0.3 is 0 Å². The Labute approximate surface area is 180 Å². The fourth-order valence-corrected chi connectivity index (χ4v) is 2.61. The Kier molecular flexibility index (Phi) is 8.92. The van der Waals surface area contributed by atoms with Gasteiger partial charge in [0.1, 0.15) is 6.61 Å². The molecular weight excluding hydrogens is 410 g/mol. The number of nitrogens with one attached hydrogen (secondary N) is 2. The topological polar surface area (TPSA) is 125 Å². The molecule has 160 valence electrons. The minimum atomic E-state index is -0.424. The van der Waals surface area contributed by atoms with E-state index in [0.717, 1.165) is 11.1 Å². The van der Waals surface area contributed by atoms with Crippen molar-refractivity contribution in [3.8, 4) is 11.5 Å². The summed E-state index contributed by atoms with van der Waals surface area (Å²) < 4.78 is 15.7. The lowest BCUT2D eigenvalue weighted by atomic mass is 10.2. The quantitative estimate of drug-likeness (QED) is 0.415. The van der Waals surface area contributed by atoms with Crippen LogP contribution in [0, 0.1) is 0 Å². The largest absolute Gasteiger partial charge is 0.493 e. The summed E-state index contributed by atoms with van der Waals surface area (Å²) in [4.78, 5) is 11.8. The van der Waals surface area contributed by atoms with Gasteiger partial charge in [-0.3, -0.25) is 4.79 Å². The second kappa shape index (κ2) is 11.6. The summed E-state index contributed by atoms with van der Waals surface area (Å²) in [5, 5.41) is 12.8. The van der Waals surface area contributed by atoms with E-state index in [-0.39, 0.29) is 23.9 Å². The Morgan fingerprint density at radius 2 is 1.87 bits per heavy atom. The van der Waals surface area contributed by atoms with Gasteiger partial charge in [0.15, 0.2) is 11.5 Å². The van der Waals surface area contributed by atoms with Crippen LogP contribution in [0.25, 0.3) is 0 Å². The molecule has 1 aromatic heterocycles. The zero-order chi connectivity index (χ0) is 20.5. The number of nitrogen functional groups attached to an aromatic ring is 1. The molecule has 0 bridgehead atoms. The van der Waals surface area contributed by atoms with Crippen molar-refractivity contribution in [2.24, 2.45) is 0 Å². The van der Waals surface area contributed by atoms with E-state index in [9.17, 15) is 4.79 Å². The highest BCUT2D eigenvalue weighted by molar-refractivity contribution is 5.95. The van der Waals surface area contributed by atoms with Crippen molar-refractivity contribution < 1.29 is 18.9 Å². The lowest BCUT2D eigenvalue weighted by molar-refractivity contribution is 0.0944. The van der Waals surface area contributed by atoms with Gasteiger partial charge in [0.05, 0.1) is 7.11 Å². The maximum Gasteiger partial charge on any atom is 0.277 e. The van der Waals surface area contributed by atoms with Crippen molar-refractivity contribution in [3.63, 3.8) is 0 Å². The van der Waals surface area contributed by atoms with Gasteiger partial charge in [-0.25, -0.2) is 4.63 Å². The van der Waals surface area contributed by atoms with Crippen molar-refractivity contribution in [2.45, 2.75) is 13.2 Å². The van der Waals surface area contributed by atoms with Gasteiger partial charge in [0, 0.05) is 19.6 Å². The molecule has 0 atom stereocenters. The third-order valence-electron chi connectivity index (χ3n) is 4.11. The average Bonchev–Trinajstić information content (AvgIpc) is 3.19. The molecule has 1 heterocycles. The third kappa shape index (κ3) is 6.36. The molecule has 30 heavy (non-hydrogen) atoms. The minimum Gasteiger partial charge on any atom is -0.493 e. The summed E-state index contributed by atoms with van der Waals surface area (Å²) in [6.07, 6.45) is 0. The van der Waals surface area contributed by atoms with Crippen LogP contribution in [0.3, 0.4) is 0 Å². The van der Waals surface area contributed by atoms with Crippen LogP contribution in [-0.4, -0.2) is 36.4 Å².